The molecule has 0 spiro atoms. The third-order valence-corrected chi connectivity index (χ3v) is 6.85. The van der Waals surface area contributed by atoms with Gasteiger partial charge in [-0.2, -0.15) is 0 Å². The Morgan fingerprint density at radius 2 is 1.83 bits per heavy atom. The van der Waals surface area contributed by atoms with Crippen molar-refractivity contribution in [3.05, 3.63) is 70.8 Å². The lowest BCUT2D eigenvalue weighted by atomic mass is 9.98. The molecule has 1 atom stereocenters. The molecular formula is C26H29N5O4. The Morgan fingerprint density at radius 3 is 2.57 bits per heavy atom. The molecule has 0 radical (unpaired) electrons. The lowest BCUT2D eigenvalue weighted by Gasteiger charge is -2.34. The van der Waals surface area contributed by atoms with Gasteiger partial charge < -0.3 is 19.7 Å². The van der Waals surface area contributed by atoms with Crippen molar-refractivity contribution in [3.8, 4) is 0 Å². The van der Waals surface area contributed by atoms with E-state index in [9.17, 15) is 9.59 Å². The van der Waals surface area contributed by atoms with Crippen molar-refractivity contribution in [3.63, 3.8) is 0 Å². The van der Waals surface area contributed by atoms with E-state index in [1.807, 2.05) is 30.3 Å². The molecule has 5 rings (SSSR count). The Hall–Kier alpha value is -3.72. The number of aliphatic carboxylic acids is 1. The van der Waals surface area contributed by atoms with Crippen molar-refractivity contribution < 1.29 is 19.5 Å². The SMILES string of the molecule is N=C(c1ccc(C2=NOC(CN3CCN(CC(=O)O)CC3=O)C2)cc1)N1CCc2ccccc2C1. The summed E-state index contributed by atoms with van der Waals surface area (Å²) >= 11 is 0. The first-order chi connectivity index (χ1) is 17.0. The first-order valence-corrected chi connectivity index (χ1v) is 11.9. The standard InChI is InChI=1S/C26H29N5O4/c27-26(31-10-9-18-3-1-2-4-21(18)14-31)20-7-5-19(6-8-20)23-13-22(35-28-23)15-30-12-11-29(16-24(30)32)17-25(33)34/h1-8,22,27H,9-17H2,(H,33,34). The highest BCUT2D eigenvalue weighted by Gasteiger charge is 2.30. The van der Waals surface area contributed by atoms with Gasteiger partial charge in [0, 0.05) is 38.2 Å². The molecule has 2 N–H and O–H groups in total. The molecule has 0 aromatic heterocycles. The first-order valence-electron chi connectivity index (χ1n) is 11.9. The van der Waals surface area contributed by atoms with Crippen LogP contribution in [-0.2, 0) is 27.4 Å². The number of carboxylic acid groups (broad SMARTS) is 1. The number of oxime groups is 1. The van der Waals surface area contributed by atoms with Gasteiger partial charge in [0.1, 0.15) is 5.84 Å². The highest BCUT2D eigenvalue weighted by Crippen LogP contribution is 2.22. The number of carboxylic acids is 1. The summed E-state index contributed by atoms with van der Waals surface area (Å²) in [5, 5.41) is 21.9. The van der Waals surface area contributed by atoms with Crippen molar-refractivity contribution in [2.24, 2.45) is 5.16 Å². The number of carbonyl (C=O) groups is 2. The van der Waals surface area contributed by atoms with Gasteiger partial charge in [0.2, 0.25) is 5.91 Å². The second-order valence-corrected chi connectivity index (χ2v) is 9.28. The van der Waals surface area contributed by atoms with E-state index in [1.54, 1.807) is 9.80 Å². The van der Waals surface area contributed by atoms with Gasteiger partial charge in [-0.15, -0.1) is 0 Å². The van der Waals surface area contributed by atoms with Crippen molar-refractivity contribution in [1.82, 2.24) is 14.7 Å². The molecule has 0 bridgehead atoms. The molecule has 1 unspecified atom stereocenters. The fourth-order valence-electron chi connectivity index (χ4n) is 4.91. The molecule has 0 aliphatic carbocycles. The van der Waals surface area contributed by atoms with Crippen molar-refractivity contribution >= 4 is 23.4 Å². The number of nitrogens with zero attached hydrogens (tertiary/aromatic N) is 4. The Labute approximate surface area is 204 Å². The second kappa shape index (κ2) is 9.87. The van der Waals surface area contributed by atoms with Gasteiger partial charge >= 0.3 is 5.97 Å². The van der Waals surface area contributed by atoms with Crippen molar-refractivity contribution in [2.75, 3.05) is 39.3 Å². The van der Waals surface area contributed by atoms with E-state index >= 15 is 0 Å². The van der Waals surface area contributed by atoms with Gasteiger partial charge in [0.15, 0.2) is 6.10 Å². The van der Waals surface area contributed by atoms with Gasteiger partial charge in [-0.3, -0.25) is 19.9 Å². The average Bonchev–Trinajstić information content (AvgIpc) is 3.33. The summed E-state index contributed by atoms with van der Waals surface area (Å²) < 4.78 is 0. The summed E-state index contributed by atoms with van der Waals surface area (Å²) in [6.45, 7) is 3.04. The Kier molecular flexibility index (Phi) is 6.50. The molecule has 3 aliphatic heterocycles. The van der Waals surface area contributed by atoms with E-state index in [0.717, 1.165) is 36.3 Å². The Morgan fingerprint density at radius 1 is 1.06 bits per heavy atom. The van der Waals surface area contributed by atoms with Crippen LogP contribution < -0.4 is 0 Å². The van der Waals surface area contributed by atoms with E-state index in [2.05, 4.69) is 28.3 Å². The van der Waals surface area contributed by atoms with Crippen LogP contribution in [-0.4, -0.2) is 88.6 Å². The predicted octanol–water partition coefficient (Wildman–Crippen LogP) is 1.79. The summed E-state index contributed by atoms with van der Waals surface area (Å²) in [7, 11) is 0. The smallest absolute Gasteiger partial charge is 0.317 e. The lowest BCUT2D eigenvalue weighted by molar-refractivity contribution is -0.143. The molecule has 1 saturated heterocycles. The quantitative estimate of drug-likeness (QED) is 0.487. The number of hydrogen-bond donors (Lipinski definition) is 2. The third-order valence-electron chi connectivity index (χ3n) is 6.85. The zero-order chi connectivity index (χ0) is 24.4. The molecule has 3 heterocycles. The van der Waals surface area contributed by atoms with Crippen LogP contribution in [0.25, 0.3) is 0 Å². The number of rotatable bonds is 6. The monoisotopic (exact) mass is 475 g/mol. The number of benzene rings is 2. The highest BCUT2D eigenvalue weighted by molar-refractivity contribution is 6.03. The van der Waals surface area contributed by atoms with Gasteiger partial charge in [0.25, 0.3) is 0 Å². The van der Waals surface area contributed by atoms with Gasteiger partial charge in [-0.05, 0) is 23.1 Å². The van der Waals surface area contributed by atoms with Crippen molar-refractivity contribution in [1.29, 1.82) is 5.41 Å². The zero-order valence-corrected chi connectivity index (χ0v) is 19.5. The topological polar surface area (TPSA) is 110 Å². The molecule has 1 fully saturated rings. The third kappa shape index (κ3) is 5.19. The van der Waals surface area contributed by atoms with E-state index < -0.39 is 5.97 Å². The molecule has 2 aromatic carbocycles. The van der Waals surface area contributed by atoms with Crippen molar-refractivity contribution in [2.45, 2.75) is 25.5 Å². The minimum Gasteiger partial charge on any atom is -0.480 e. The van der Waals surface area contributed by atoms with E-state index in [-0.39, 0.29) is 25.1 Å². The zero-order valence-electron chi connectivity index (χ0n) is 19.5. The van der Waals surface area contributed by atoms with Crippen LogP contribution in [0.2, 0.25) is 0 Å². The normalized spacial score (nSPS) is 20.3. The van der Waals surface area contributed by atoms with E-state index in [0.29, 0.717) is 31.9 Å². The summed E-state index contributed by atoms with van der Waals surface area (Å²) in [6.07, 6.45) is 1.33. The van der Waals surface area contributed by atoms with Gasteiger partial charge in [-0.25, -0.2) is 0 Å². The Bertz CT molecular complexity index is 1160. The van der Waals surface area contributed by atoms with Crippen LogP contribution in [0.3, 0.4) is 0 Å². The highest BCUT2D eigenvalue weighted by atomic mass is 16.6. The largest absolute Gasteiger partial charge is 0.480 e. The number of fused-ring (bicyclic) bond motifs is 1. The minimum atomic E-state index is -0.925. The average molecular weight is 476 g/mol. The molecule has 9 heteroatoms. The van der Waals surface area contributed by atoms with Crippen LogP contribution in [0.5, 0.6) is 0 Å². The first kappa shape index (κ1) is 23.0. The fourth-order valence-corrected chi connectivity index (χ4v) is 4.91. The predicted molar refractivity (Wildman–Crippen MR) is 131 cm³/mol. The molecule has 1 amide bonds. The van der Waals surface area contributed by atoms with E-state index in [4.69, 9.17) is 15.4 Å². The summed E-state index contributed by atoms with van der Waals surface area (Å²) in [6, 6.07) is 16.3. The minimum absolute atomic E-state index is 0.0854. The molecule has 9 nitrogen and oxygen atoms in total. The maximum absolute atomic E-state index is 12.4. The maximum atomic E-state index is 12.4. The summed E-state index contributed by atoms with van der Waals surface area (Å²) in [5.74, 6) is -0.488. The summed E-state index contributed by atoms with van der Waals surface area (Å²) in [5.41, 5.74) is 5.30. The molecule has 3 aliphatic rings. The number of piperazine rings is 1. The number of amidine groups is 1. The number of nitrogens with one attached hydrogen (secondary N) is 1. The van der Waals surface area contributed by atoms with E-state index in [1.165, 1.54) is 11.1 Å². The Balaban J connectivity index is 1.14. The number of hydrogen-bond acceptors (Lipinski definition) is 6. The maximum Gasteiger partial charge on any atom is 0.317 e. The number of amides is 1. The molecule has 182 valence electrons. The van der Waals surface area contributed by atoms with Gasteiger partial charge in [-0.1, -0.05) is 53.7 Å². The van der Waals surface area contributed by atoms with Crippen LogP contribution in [0.4, 0.5) is 0 Å². The fraction of sp³-hybridized carbons (Fsp3) is 0.385. The molecule has 0 saturated carbocycles. The number of carbonyl (C=O) groups excluding carboxylic acids is 1. The molecule has 2 aromatic rings. The second-order valence-electron chi connectivity index (χ2n) is 9.28. The van der Waals surface area contributed by atoms with Crippen LogP contribution >= 0.6 is 0 Å². The van der Waals surface area contributed by atoms with Crippen LogP contribution in [0.1, 0.15) is 28.7 Å². The van der Waals surface area contributed by atoms with Crippen LogP contribution in [0.15, 0.2) is 53.7 Å². The lowest BCUT2D eigenvalue weighted by Crippen LogP contribution is -2.53. The van der Waals surface area contributed by atoms with Crippen LogP contribution in [0, 0.1) is 5.41 Å². The summed E-state index contributed by atoms with van der Waals surface area (Å²) in [4.78, 5) is 34.3. The molecular weight excluding hydrogens is 446 g/mol. The van der Waals surface area contributed by atoms with Gasteiger partial charge in [0.05, 0.1) is 25.3 Å². The molecule has 35 heavy (non-hydrogen) atoms.